The van der Waals surface area contributed by atoms with E-state index in [1.165, 1.54) is 12.7 Å². The number of rotatable bonds is 4. The number of anilines is 1. The number of benzene rings is 1. The number of amides is 1. The molecule has 10 heteroatoms. The number of aryl methyl sites for hydroxylation is 1. The lowest BCUT2D eigenvalue weighted by molar-refractivity contribution is 0.0735. The minimum Gasteiger partial charge on any atom is -0.353 e. The molecule has 10 nitrogen and oxygen atoms in total. The molecular weight excluding hydrogens is 394 g/mol. The van der Waals surface area contributed by atoms with Crippen molar-refractivity contribution in [3.05, 3.63) is 67.1 Å². The van der Waals surface area contributed by atoms with Crippen molar-refractivity contribution in [2.45, 2.75) is 0 Å². The molecule has 0 radical (unpaired) electrons. The highest BCUT2D eigenvalue weighted by Gasteiger charge is 2.25. The summed E-state index contributed by atoms with van der Waals surface area (Å²) in [6.07, 6.45) is 4.58. The van der Waals surface area contributed by atoms with E-state index < -0.39 is 0 Å². The predicted molar refractivity (Wildman–Crippen MR) is 114 cm³/mol. The van der Waals surface area contributed by atoms with Crippen LogP contribution in [-0.4, -0.2) is 71.5 Å². The zero-order valence-electron chi connectivity index (χ0n) is 17.0. The molecule has 3 aromatic heterocycles. The van der Waals surface area contributed by atoms with Crippen LogP contribution in [-0.2, 0) is 7.05 Å². The molecule has 156 valence electrons. The quantitative estimate of drug-likeness (QED) is 0.497. The Balaban J connectivity index is 1.28. The Morgan fingerprint density at radius 3 is 2.45 bits per heavy atom. The molecule has 4 aromatic rings. The van der Waals surface area contributed by atoms with Crippen molar-refractivity contribution in [3.63, 3.8) is 0 Å². The number of nitrogens with zero attached hydrogens (tertiary/aromatic N) is 9. The lowest BCUT2D eigenvalue weighted by Crippen LogP contribution is -2.49. The number of piperazine rings is 1. The highest BCUT2D eigenvalue weighted by Crippen LogP contribution is 2.21. The molecule has 4 heterocycles. The van der Waals surface area contributed by atoms with Crippen LogP contribution < -0.4 is 4.90 Å². The summed E-state index contributed by atoms with van der Waals surface area (Å²) in [6, 6.07) is 13.6. The molecule has 0 unspecified atom stereocenters. The summed E-state index contributed by atoms with van der Waals surface area (Å²) in [4.78, 5) is 29.7. The van der Waals surface area contributed by atoms with Crippen molar-refractivity contribution in [1.82, 2.24) is 39.4 Å². The SMILES string of the molecule is Cn1nc(-c2ccccc2)cc1C(=O)N1CCN(c2cc(-n3cncn3)ncn2)CC1. The van der Waals surface area contributed by atoms with Crippen LogP contribution in [0, 0.1) is 0 Å². The average molecular weight is 415 g/mol. The largest absolute Gasteiger partial charge is 0.353 e. The Labute approximate surface area is 178 Å². The van der Waals surface area contributed by atoms with Gasteiger partial charge >= 0.3 is 0 Å². The van der Waals surface area contributed by atoms with E-state index in [1.807, 2.05) is 54.4 Å². The first-order valence-electron chi connectivity index (χ1n) is 10.00. The van der Waals surface area contributed by atoms with Crippen molar-refractivity contribution in [2.24, 2.45) is 7.05 Å². The second-order valence-corrected chi connectivity index (χ2v) is 7.26. The number of hydrogen-bond acceptors (Lipinski definition) is 7. The van der Waals surface area contributed by atoms with E-state index in [4.69, 9.17) is 0 Å². The van der Waals surface area contributed by atoms with E-state index in [-0.39, 0.29) is 5.91 Å². The van der Waals surface area contributed by atoms with E-state index in [9.17, 15) is 4.79 Å². The normalized spacial score (nSPS) is 14.1. The number of hydrogen-bond donors (Lipinski definition) is 0. The van der Waals surface area contributed by atoms with Crippen LogP contribution in [0.2, 0.25) is 0 Å². The number of carbonyl (C=O) groups excluding carboxylic acids is 1. The van der Waals surface area contributed by atoms with Gasteiger partial charge in [0.1, 0.15) is 30.5 Å². The van der Waals surface area contributed by atoms with Gasteiger partial charge in [-0.15, -0.1) is 0 Å². The maximum Gasteiger partial charge on any atom is 0.272 e. The molecule has 0 spiro atoms. The topological polar surface area (TPSA) is 97.9 Å². The summed E-state index contributed by atoms with van der Waals surface area (Å²) in [6.45, 7) is 2.58. The fourth-order valence-electron chi connectivity index (χ4n) is 3.68. The van der Waals surface area contributed by atoms with E-state index in [2.05, 4.69) is 30.0 Å². The van der Waals surface area contributed by atoms with Crippen LogP contribution >= 0.6 is 0 Å². The van der Waals surface area contributed by atoms with E-state index in [0.29, 0.717) is 37.7 Å². The lowest BCUT2D eigenvalue weighted by atomic mass is 10.1. The van der Waals surface area contributed by atoms with Gasteiger partial charge in [-0.05, 0) is 6.07 Å². The fraction of sp³-hybridized carbons (Fsp3) is 0.238. The van der Waals surface area contributed by atoms with Crippen LogP contribution in [0.15, 0.2) is 61.4 Å². The zero-order valence-corrected chi connectivity index (χ0v) is 17.0. The van der Waals surface area contributed by atoms with Gasteiger partial charge in [-0.25, -0.2) is 19.6 Å². The highest BCUT2D eigenvalue weighted by atomic mass is 16.2. The maximum atomic E-state index is 13.1. The van der Waals surface area contributed by atoms with Gasteiger partial charge in [-0.2, -0.15) is 10.2 Å². The molecule has 0 bridgehead atoms. The molecule has 1 aliphatic rings. The van der Waals surface area contributed by atoms with Crippen molar-refractivity contribution < 1.29 is 4.79 Å². The van der Waals surface area contributed by atoms with Crippen molar-refractivity contribution in [2.75, 3.05) is 31.1 Å². The average Bonchev–Trinajstić information content (AvgIpc) is 3.50. The van der Waals surface area contributed by atoms with Gasteiger partial charge in [0.2, 0.25) is 0 Å². The molecule has 31 heavy (non-hydrogen) atoms. The highest BCUT2D eigenvalue weighted by molar-refractivity contribution is 5.94. The Kier molecular flexibility index (Phi) is 4.87. The van der Waals surface area contributed by atoms with Crippen LogP contribution in [0.4, 0.5) is 5.82 Å². The number of aromatic nitrogens is 7. The van der Waals surface area contributed by atoms with E-state index >= 15 is 0 Å². The van der Waals surface area contributed by atoms with Gasteiger partial charge in [0.15, 0.2) is 5.82 Å². The molecule has 0 saturated carbocycles. The van der Waals surface area contributed by atoms with Crippen LogP contribution in [0.5, 0.6) is 0 Å². The minimum atomic E-state index is -0.0113. The van der Waals surface area contributed by atoms with Gasteiger partial charge < -0.3 is 9.80 Å². The third kappa shape index (κ3) is 3.75. The molecule has 1 aromatic carbocycles. The molecule has 1 fully saturated rings. The summed E-state index contributed by atoms with van der Waals surface area (Å²) < 4.78 is 3.25. The summed E-state index contributed by atoms with van der Waals surface area (Å²) in [7, 11) is 1.81. The van der Waals surface area contributed by atoms with Gasteiger partial charge in [0.25, 0.3) is 5.91 Å². The van der Waals surface area contributed by atoms with Gasteiger partial charge in [0, 0.05) is 44.9 Å². The van der Waals surface area contributed by atoms with Crippen LogP contribution in [0.3, 0.4) is 0 Å². The predicted octanol–water partition coefficient (Wildman–Crippen LogP) is 1.42. The molecule has 0 aliphatic carbocycles. The molecular formula is C21H21N9O. The second-order valence-electron chi connectivity index (χ2n) is 7.26. The Hall–Kier alpha value is -4.08. The molecule has 1 saturated heterocycles. The molecule has 0 atom stereocenters. The zero-order chi connectivity index (χ0) is 21.2. The Morgan fingerprint density at radius 1 is 0.935 bits per heavy atom. The third-order valence-corrected chi connectivity index (χ3v) is 5.35. The first-order chi connectivity index (χ1) is 15.2. The summed E-state index contributed by atoms with van der Waals surface area (Å²) in [5.41, 5.74) is 2.38. The van der Waals surface area contributed by atoms with Crippen molar-refractivity contribution >= 4 is 11.7 Å². The fourth-order valence-corrected chi connectivity index (χ4v) is 3.68. The van der Waals surface area contributed by atoms with Gasteiger partial charge in [0.05, 0.1) is 5.69 Å². The maximum absolute atomic E-state index is 13.1. The minimum absolute atomic E-state index is 0.0113. The first kappa shape index (κ1) is 18.9. The smallest absolute Gasteiger partial charge is 0.272 e. The van der Waals surface area contributed by atoms with Crippen LogP contribution in [0.25, 0.3) is 17.1 Å². The van der Waals surface area contributed by atoms with Gasteiger partial charge in [-0.1, -0.05) is 30.3 Å². The van der Waals surface area contributed by atoms with Crippen LogP contribution in [0.1, 0.15) is 10.5 Å². The monoisotopic (exact) mass is 415 g/mol. The Bertz CT molecular complexity index is 1180. The van der Waals surface area contributed by atoms with Crippen molar-refractivity contribution in [1.29, 1.82) is 0 Å². The van der Waals surface area contributed by atoms with E-state index in [1.54, 1.807) is 15.7 Å². The molecule has 1 aliphatic heterocycles. The first-order valence-corrected chi connectivity index (χ1v) is 10.00. The lowest BCUT2D eigenvalue weighted by Gasteiger charge is -2.35. The Morgan fingerprint density at radius 2 is 1.71 bits per heavy atom. The second kappa shape index (κ2) is 7.98. The number of carbonyl (C=O) groups is 1. The molecule has 5 rings (SSSR count). The van der Waals surface area contributed by atoms with Crippen molar-refractivity contribution in [3.8, 4) is 17.1 Å². The summed E-state index contributed by atoms with van der Waals surface area (Å²) in [5.74, 6) is 1.45. The molecule has 0 N–H and O–H groups in total. The third-order valence-electron chi connectivity index (χ3n) is 5.35. The van der Waals surface area contributed by atoms with E-state index in [0.717, 1.165) is 17.1 Å². The van der Waals surface area contributed by atoms with Gasteiger partial charge in [-0.3, -0.25) is 9.48 Å². The summed E-state index contributed by atoms with van der Waals surface area (Å²) >= 11 is 0. The standard InChI is InChI=1S/C21H21N9O/c1-27-18(11-17(26-27)16-5-3-2-4-6-16)21(31)29-9-7-28(8-10-29)19-12-20(24-14-23-19)30-15-22-13-25-30/h2-6,11-15H,7-10H2,1H3. The molecule has 1 amide bonds. The summed E-state index contributed by atoms with van der Waals surface area (Å²) in [5, 5.41) is 8.63.